The summed E-state index contributed by atoms with van der Waals surface area (Å²) < 4.78 is 0. The first-order valence-electron chi connectivity index (χ1n) is 7.84. The van der Waals surface area contributed by atoms with E-state index in [0.717, 1.165) is 22.9 Å². The predicted octanol–water partition coefficient (Wildman–Crippen LogP) is 3.74. The van der Waals surface area contributed by atoms with E-state index < -0.39 is 11.4 Å². The van der Waals surface area contributed by atoms with Gasteiger partial charge in [-0.2, -0.15) is 0 Å². The van der Waals surface area contributed by atoms with Crippen molar-refractivity contribution in [1.82, 2.24) is 4.98 Å². The lowest BCUT2D eigenvalue weighted by atomic mass is 9.84. The Labute approximate surface area is 130 Å². The molecule has 0 amide bonds. The molecule has 0 aliphatic heterocycles. The van der Waals surface area contributed by atoms with Gasteiger partial charge in [-0.1, -0.05) is 6.42 Å². The number of fused-ring (bicyclic) bond motifs is 2. The number of carboxylic acids is 1. The standard InChI is InChI=1S/C16H24N2O2S/c1-9(12-7-10-4-5-11(12)6-10)17-15-18-13(8-21-15)16(2,3)14(19)20/h8-12H,4-7H2,1-3H3,(H,17,18)(H,19,20). The molecule has 1 aromatic heterocycles. The first kappa shape index (κ1) is 14.8. The summed E-state index contributed by atoms with van der Waals surface area (Å²) in [7, 11) is 0. The summed E-state index contributed by atoms with van der Waals surface area (Å²) in [5.41, 5.74) is -0.283. The molecule has 2 bridgehead atoms. The number of carbonyl (C=O) groups is 1. The molecular weight excluding hydrogens is 284 g/mol. The molecule has 0 saturated heterocycles. The second kappa shape index (κ2) is 5.27. The van der Waals surface area contributed by atoms with Crippen LogP contribution in [0, 0.1) is 17.8 Å². The molecule has 0 spiro atoms. The lowest BCUT2D eigenvalue weighted by Gasteiger charge is -2.28. The molecule has 0 radical (unpaired) electrons. The number of nitrogens with zero attached hydrogens (tertiary/aromatic N) is 1. The molecule has 4 unspecified atom stereocenters. The Morgan fingerprint density at radius 3 is 2.81 bits per heavy atom. The Bertz CT molecular complexity index is 540. The van der Waals surface area contributed by atoms with Gasteiger partial charge < -0.3 is 10.4 Å². The van der Waals surface area contributed by atoms with E-state index in [4.69, 9.17) is 0 Å². The summed E-state index contributed by atoms with van der Waals surface area (Å²) in [6, 6.07) is 0.423. The van der Waals surface area contributed by atoms with Crippen LogP contribution in [0.4, 0.5) is 5.13 Å². The van der Waals surface area contributed by atoms with Crippen LogP contribution >= 0.6 is 11.3 Å². The molecule has 5 heteroatoms. The number of aromatic nitrogens is 1. The Morgan fingerprint density at radius 1 is 1.48 bits per heavy atom. The number of rotatable bonds is 5. The van der Waals surface area contributed by atoms with Gasteiger partial charge >= 0.3 is 5.97 Å². The van der Waals surface area contributed by atoms with E-state index in [0.29, 0.717) is 11.7 Å². The average molecular weight is 308 g/mol. The van der Waals surface area contributed by atoms with Gasteiger partial charge in [0.1, 0.15) is 5.41 Å². The van der Waals surface area contributed by atoms with E-state index >= 15 is 0 Å². The van der Waals surface area contributed by atoms with Crippen LogP contribution in [0.15, 0.2) is 5.38 Å². The van der Waals surface area contributed by atoms with Gasteiger partial charge in [0.05, 0.1) is 5.69 Å². The number of hydrogen-bond acceptors (Lipinski definition) is 4. The zero-order valence-electron chi connectivity index (χ0n) is 12.9. The summed E-state index contributed by atoms with van der Waals surface area (Å²) in [5.74, 6) is 1.75. The predicted molar refractivity (Wildman–Crippen MR) is 84.8 cm³/mol. The first-order valence-corrected chi connectivity index (χ1v) is 8.72. The van der Waals surface area contributed by atoms with Gasteiger partial charge in [0.15, 0.2) is 5.13 Å². The number of thiazole rings is 1. The molecule has 4 nitrogen and oxygen atoms in total. The van der Waals surface area contributed by atoms with Crippen LogP contribution in [0.2, 0.25) is 0 Å². The fraction of sp³-hybridized carbons (Fsp3) is 0.750. The van der Waals surface area contributed by atoms with Crippen LogP contribution < -0.4 is 5.32 Å². The molecular formula is C16H24N2O2S. The van der Waals surface area contributed by atoms with Crippen LogP contribution in [-0.2, 0) is 10.2 Å². The van der Waals surface area contributed by atoms with Crippen molar-refractivity contribution < 1.29 is 9.90 Å². The fourth-order valence-corrected chi connectivity index (χ4v) is 4.92. The number of anilines is 1. The SMILES string of the molecule is CC(Nc1nc(C(C)(C)C(=O)O)cs1)C1CC2CCC1C2. The first-order chi connectivity index (χ1) is 9.88. The molecule has 1 aromatic rings. The molecule has 2 fully saturated rings. The summed E-state index contributed by atoms with van der Waals surface area (Å²) in [6.07, 6.45) is 5.56. The van der Waals surface area contributed by atoms with Gasteiger partial charge in [0, 0.05) is 11.4 Å². The van der Waals surface area contributed by atoms with E-state index in [-0.39, 0.29) is 0 Å². The minimum atomic E-state index is -0.925. The van der Waals surface area contributed by atoms with Gasteiger partial charge in [-0.25, -0.2) is 4.98 Å². The summed E-state index contributed by atoms with van der Waals surface area (Å²) in [4.78, 5) is 15.8. The molecule has 2 saturated carbocycles. The molecule has 0 aromatic carbocycles. The highest BCUT2D eigenvalue weighted by Gasteiger charge is 2.42. The molecule has 21 heavy (non-hydrogen) atoms. The molecule has 116 valence electrons. The second-order valence-electron chi connectivity index (χ2n) is 7.24. The van der Waals surface area contributed by atoms with E-state index in [9.17, 15) is 9.90 Å². The number of carboxylic acid groups (broad SMARTS) is 1. The van der Waals surface area contributed by atoms with E-state index in [2.05, 4.69) is 17.2 Å². The molecule has 2 aliphatic carbocycles. The second-order valence-corrected chi connectivity index (χ2v) is 8.10. The van der Waals surface area contributed by atoms with Crippen LogP contribution in [0.3, 0.4) is 0 Å². The number of aliphatic carboxylic acids is 1. The Kier molecular flexibility index (Phi) is 3.72. The monoisotopic (exact) mass is 308 g/mol. The van der Waals surface area contributed by atoms with Crippen molar-refractivity contribution in [1.29, 1.82) is 0 Å². The number of nitrogens with one attached hydrogen (secondary N) is 1. The quantitative estimate of drug-likeness (QED) is 0.870. The minimum Gasteiger partial charge on any atom is -0.481 e. The smallest absolute Gasteiger partial charge is 0.315 e. The zero-order chi connectivity index (χ0) is 15.2. The molecule has 4 atom stereocenters. The van der Waals surface area contributed by atoms with Gasteiger partial charge in [-0.15, -0.1) is 11.3 Å². The average Bonchev–Trinajstić information content (AvgIpc) is 3.14. The van der Waals surface area contributed by atoms with E-state index in [1.165, 1.54) is 37.0 Å². The van der Waals surface area contributed by atoms with Crippen LogP contribution in [0.5, 0.6) is 0 Å². The molecule has 1 heterocycles. The fourth-order valence-electron chi connectivity index (χ4n) is 3.94. The maximum absolute atomic E-state index is 11.3. The van der Waals surface area contributed by atoms with Gasteiger partial charge in [-0.3, -0.25) is 4.79 Å². The Hall–Kier alpha value is -1.10. The minimum absolute atomic E-state index is 0.423. The topological polar surface area (TPSA) is 62.2 Å². The summed E-state index contributed by atoms with van der Waals surface area (Å²) in [5, 5.41) is 15.5. The normalized spacial score (nSPS) is 29.6. The van der Waals surface area contributed by atoms with Crippen molar-refractivity contribution in [2.45, 2.75) is 57.9 Å². The van der Waals surface area contributed by atoms with Crippen molar-refractivity contribution in [3.8, 4) is 0 Å². The van der Waals surface area contributed by atoms with Gasteiger partial charge in [-0.05, 0) is 57.8 Å². The summed E-state index contributed by atoms with van der Waals surface area (Å²) >= 11 is 1.52. The van der Waals surface area contributed by atoms with Gasteiger partial charge in [0.25, 0.3) is 0 Å². The molecule has 2 aliphatic rings. The largest absolute Gasteiger partial charge is 0.481 e. The van der Waals surface area contributed by atoms with E-state index in [1.54, 1.807) is 13.8 Å². The molecule has 3 rings (SSSR count). The third-order valence-corrected chi connectivity index (χ3v) is 6.24. The van der Waals surface area contributed by atoms with Crippen molar-refractivity contribution in [3.63, 3.8) is 0 Å². The lowest BCUT2D eigenvalue weighted by Crippen LogP contribution is -2.30. The maximum Gasteiger partial charge on any atom is 0.315 e. The highest BCUT2D eigenvalue weighted by atomic mass is 32.1. The Morgan fingerprint density at radius 2 is 2.24 bits per heavy atom. The van der Waals surface area contributed by atoms with E-state index in [1.807, 2.05) is 5.38 Å². The lowest BCUT2D eigenvalue weighted by molar-refractivity contribution is -0.142. The number of hydrogen-bond donors (Lipinski definition) is 2. The van der Waals surface area contributed by atoms with Crippen LogP contribution in [0.1, 0.15) is 52.1 Å². The van der Waals surface area contributed by atoms with Crippen molar-refractivity contribution in [2.75, 3.05) is 5.32 Å². The highest BCUT2D eigenvalue weighted by molar-refractivity contribution is 7.13. The van der Waals surface area contributed by atoms with Crippen molar-refractivity contribution >= 4 is 22.4 Å². The van der Waals surface area contributed by atoms with Gasteiger partial charge in [0.2, 0.25) is 0 Å². The summed E-state index contributed by atoms with van der Waals surface area (Å²) in [6.45, 7) is 5.65. The van der Waals surface area contributed by atoms with Crippen molar-refractivity contribution in [2.24, 2.45) is 17.8 Å². The zero-order valence-corrected chi connectivity index (χ0v) is 13.7. The molecule has 2 N–H and O–H groups in total. The van der Waals surface area contributed by atoms with Crippen LogP contribution in [-0.4, -0.2) is 22.1 Å². The van der Waals surface area contributed by atoms with Crippen LogP contribution in [0.25, 0.3) is 0 Å². The Balaban J connectivity index is 1.66. The van der Waals surface area contributed by atoms with Crippen molar-refractivity contribution in [3.05, 3.63) is 11.1 Å². The third kappa shape index (κ3) is 2.68. The highest BCUT2D eigenvalue weighted by Crippen LogP contribution is 2.49. The third-order valence-electron chi connectivity index (χ3n) is 5.47. The maximum atomic E-state index is 11.3.